The molecule has 0 radical (unpaired) electrons. The lowest BCUT2D eigenvalue weighted by atomic mass is 10.1. The lowest BCUT2D eigenvalue weighted by Crippen LogP contribution is -2.28. The summed E-state index contributed by atoms with van der Waals surface area (Å²) < 4.78 is 15.1. The predicted octanol–water partition coefficient (Wildman–Crippen LogP) is 4.14. The number of benzene rings is 1. The number of amides is 1. The van der Waals surface area contributed by atoms with E-state index in [2.05, 4.69) is 27.2 Å². The van der Waals surface area contributed by atoms with Crippen molar-refractivity contribution in [3.8, 4) is 0 Å². The minimum Gasteiger partial charge on any atom is -0.354 e. The summed E-state index contributed by atoms with van der Waals surface area (Å²) in [6.07, 6.45) is 11.7. The van der Waals surface area contributed by atoms with Crippen LogP contribution in [0.4, 0.5) is 4.39 Å². The van der Waals surface area contributed by atoms with E-state index >= 15 is 0 Å². The van der Waals surface area contributed by atoms with Gasteiger partial charge in [0.15, 0.2) is 5.16 Å². The quantitative estimate of drug-likeness (QED) is 0.223. The monoisotopic (exact) mass is 483 g/mol. The van der Waals surface area contributed by atoms with E-state index in [1.807, 2.05) is 4.57 Å². The highest BCUT2D eigenvalue weighted by molar-refractivity contribution is 7.98. The van der Waals surface area contributed by atoms with Gasteiger partial charge in [-0.15, -0.1) is 0 Å². The first-order valence-electron chi connectivity index (χ1n) is 11.5. The molecular formula is C25H30FN5O2S. The van der Waals surface area contributed by atoms with Crippen molar-refractivity contribution in [3.63, 3.8) is 0 Å². The summed E-state index contributed by atoms with van der Waals surface area (Å²) in [6.45, 7) is 3.07. The largest absolute Gasteiger partial charge is 0.354 e. The minimum absolute atomic E-state index is 0.0345. The summed E-state index contributed by atoms with van der Waals surface area (Å²) in [4.78, 5) is 37.2. The maximum Gasteiger partial charge on any atom is 0.277 e. The van der Waals surface area contributed by atoms with Crippen LogP contribution in [0.2, 0.25) is 0 Å². The second-order valence-electron chi connectivity index (χ2n) is 8.05. The molecule has 0 aliphatic heterocycles. The van der Waals surface area contributed by atoms with Crippen molar-refractivity contribution in [2.75, 3.05) is 6.54 Å². The van der Waals surface area contributed by atoms with Crippen LogP contribution in [0.5, 0.6) is 0 Å². The zero-order valence-electron chi connectivity index (χ0n) is 19.4. The van der Waals surface area contributed by atoms with Crippen LogP contribution in [0.15, 0.2) is 59.1 Å². The summed E-state index contributed by atoms with van der Waals surface area (Å²) >= 11 is 1.41. The Hall–Kier alpha value is -3.07. The van der Waals surface area contributed by atoms with Crippen LogP contribution in [0, 0.1) is 5.82 Å². The van der Waals surface area contributed by atoms with Gasteiger partial charge in [0.1, 0.15) is 12.1 Å². The Balaban J connectivity index is 1.69. The topological polar surface area (TPSA) is 89.8 Å². The number of halogens is 1. The van der Waals surface area contributed by atoms with E-state index in [1.54, 1.807) is 30.7 Å². The van der Waals surface area contributed by atoms with Gasteiger partial charge in [-0.3, -0.25) is 9.59 Å². The Morgan fingerprint density at radius 2 is 1.85 bits per heavy atom. The molecule has 1 amide bonds. The molecule has 1 aromatic carbocycles. The maximum atomic E-state index is 13.2. The van der Waals surface area contributed by atoms with E-state index in [1.165, 1.54) is 30.2 Å². The Morgan fingerprint density at radius 1 is 1.09 bits per heavy atom. The third-order valence-corrected chi connectivity index (χ3v) is 6.31. The number of nitrogens with zero attached hydrogens (tertiary/aromatic N) is 4. The van der Waals surface area contributed by atoms with Crippen LogP contribution >= 0.6 is 11.8 Å². The second-order valence-corrected chi connectivity index (χ2v) is 8.99. The van der Waals surface area contributed by atoms with Crippen molar-refractivity contribution in [1.29, 1.82) is 0 Å². The maximum absolute atomic E-state index is 13.2. The Bertz CT molecular complexity index is 1110. The standard InChI is InChI=1S/C25H30FN5O2S/c1-2-3-4-5-6-23(32)29-11-12-31-16-21(13-20-14-27-18-28-15-20)24(33)30-25(31)34-17-19-7-9-22(26)10-8-19/h7-10,14-16,18H,2-6,11-13,17H2,1H3,(H,29,32). The number of unbranched alkanes of at least 4 members (excludes halogenated alkanes) is 3. The fourth-order valence-electron chi connectivity index (χ4n) is 3.40. The Morgan fingerprint density at radius 3 is 2.59 bits per heavy atom. The number of hydrogen-bond donors (Lipinski definition) is 1. The number of carbonyl (C=O) groups is 1. The molecular weight excluding hydrogens is 453 g/mol. The first-order valence-corrected chi connectivity index (χ1v) is 12.5. The third kappa shape index (κ3) is 8.37. The summed E-state index contributed by atoms with van der Waals surface area (Å²) in [5.74, 6) is 0.290. The first-order chi connectivity index (χ1) is 16.5. The first kappa shape index (κ1) is 25.6. The number of thioether (sulfide) groups is 1. The van der Waals surface area contributed by atoms with Gasteiger partial charge in [0, 0.05) is 55.8 Å². The summed E-state index contributed by atoms with van der Waals surface area (Å²) in [5, 5.41) is 3.52. The summed E-state index contributed by atoms with van der Waals surface area (Å²) in [7, 11) is 0. The SMILES string of the molecule is CCCCCCC(=O)NCCn1cc(Cc2cncnc2)c(=O)nc1SCc1ccc(F)cc1. The normalized spacial score (nSPS) is 10.9. The molecule has 0 bridgehead atoms. The van der Waals surface area contributed by atoms with Gasteiger partial charge in [0.2, 0.25) is 5.91 Å². The smallest absolute Gasteiger partial charge is 0.277 e. The number of hydrogen-bond acceptors (Lipinski definition) is 6. The van der Waals surface area contributed by atoms with Crippen molar-refractivity contribution < 1.29 is 9.18 Å². The predicted molar refractivity (Wildman–Crippen MR) is 131 cm³/mol. The highest BCUT2D eigenvalue weighted by Gasteiger charge is 2.11. The van der Waals surface area contributed by atoms with E-state index < -0.39 is 0 Å². The molecule has 2 aromatic heterocycles. The van der Waals surface area contributed by atoms with Gasteiger partial charge in [-0.2, -0.15) is 4.98 Å². The Labute approximate surface area is 203 Å². The lowest BCUT2D eigenvalue weighted by Gasteiger charge is -2.14. The summed E-state index contributed by atoms with van der Waals surface area (Å²) in [6, 6.07) is 6.26. The highest BCUT2D eigenvalue weighted by atomic mass is 32.2. The van der Waals surface area contributed by atoms with E-state index in [9.17, 15) is 14.0 Å². The van der Waals surface area contributed by atoms with Gasteiger partial charge in [-0.1, -0.05) is 50.1 Å². The minimum atomic E-state index is -0.304. The molecule has 0 atom stereocenters. The van der Waals surface area contributed by atoms with Crippen molar-refractivity contribution in [1.82, 2.24) is 24.8 Å². The molecule has 0 unspecified atom stereocenters. The number of carbonyl (C=O) groups excluding carboxylic acids is 1. The van der Waals surface area contributed by atoms with E-state index in [0.717, 1.165) is 36.8 Å². The van der Waals surface area contributed by atoms with Gasteiger partial charge in [0.05, 0.1) is 0 Å². The highest BCUT2D eigenvalue weighted by Crippen LogP contribution is 2.21. The Kier molecular flexibility index (Phi) is 10.2. The van der Waals surface area contributed by atoms with Crippen molar-refractivity contribution in [3.05, 3.63) is 82.0 Å². The molecule has 1 N–H and O–H groups in total. The molecule has 2 heterocycles. The van der Waals surface area contributed by atoms with Gasteiger partial charge in [-0.05, 0) is 29.7 Å². The molecule has 0 spiro atoms. The van der Waals surface area contributed by atoms with Crippen LogP contribution in [0.1, 0.15) is 55.7 Å². The van der Waals surface area contributed by atoms with E-state index in [4.69, 9.17) is 0 Å². The number of aromatic nitrogens is 4. The molecule has 3 rings (SSSR count). The number of rotatable bonds is 13. The second kappa shape index (κ2) is 13.6. The molecule has 0 aliphatic rings. The molecule has 180 valence electrons. The molecule has 9 heteroatoms. The van der Waals surface area contributed by atoms with E-state index in [0.29, 0.717) is 42.4 Å². The van der Waals surface area contributed by atoms with Gasteiger partial charge in [0.25, 0.3) is 5.56 Å². The van der Waals surface area contributed by atoms with E-state index in [-0.39, 0.29) is 17.3 Å². The summed E-state index contributed by atoms with van der Waals surface area (Å²) in [5.41, 5.74) is 1.98. The number of nitrogens with one attached hydrogen (secondary N) is 1. The fourth-order valence-corrected chi connectivity index (χ4v) is 4.35. The van der Waals surface area contributed by atoms with Crippen molar-refractivity contribution >= 4 is 17.7 Å². The molecule has 7 nitrogen and oxygen atoms in total. The van der Waals surface area contributed by atoms with Crippen LogP contribution in [0.25, 0.3) is 0 Å². The fraction of sp³-hybridized carbons (Fsp3) is 0.400. The van der Waals surface area contributed by atoms with Crippen LogP contribution in [-0.4, -0.2) is 32.0 Å². The van der Waals surface area contributed by atoms with Gasteiger partial charge in [-0.25, -0.2) is 14.4 Å². The molecule has 0 aliphatic carbocycles. The molecule has 0 saturated heterocycles. The lowest BCUT2D eigenvalue weighted by molar-refractivity contribution is -0.121. The van der Waals surface area contributed by atoms with Crippen LogP contribution in [0.3, 0.4) is 0 Å². The van der Waals surface area contributed by atoms with Crippen LogP contribution < -0.4 is 10.9 Å². The zero-order valence-corrected chi connectivity index (χ0v) is 20.2. The van der Waals surface area contributed by atoms with Crippen LogP contribution in [-0.2, 0) is 23.5 Å². The van der Waals surface area contributed by atoms with Crippen molar-refractivity contribution in [2.45, 2.75) is 62.9 Å². The molecule has 34 heavy (non-hydrogen) atoms. The average molecular weight is 484 g/mol. The third-order valence-electron chi connectivity index (χ3n) is 5.25. The molecule has 0 saturated carbocycles. The van der Waals surface area contributed by atoms with Crippen molar-refractivity contribution in [2.24, 2.45) is 0 Å². The van der Waals surface area contributed by atoms with Gasteiger partial charge >= 0.3 is 0 Å². The molecule has 3 aromatic rings. The zero-order chi connectivity index (χ0) is 24.2. The van der Waals surface area contributed by atoms with Gasteiger partial charge < -0.3 is 9.88 Å². The molecule has 0 fully saturated rings. The average Bonchev–Trinajstić information content (AvgIpc) is 2.84.